The number of aliphatic hydroxyl groups excluding tert-OH is 1. The Kier molecular flexibility index (Phi) is 7.45. The highest BCUT2D eigenvalue weighted by Crippen LogP contribution is 2.17. The van der Waals surface area contributed by atoms with Gasteiger partial charge in [0.05, 0.1) is 6.61 Å². The topological polar surface area (TPSA) is 41.5 Å². The second kappa shape index (κ2) is 8.88. The van der Waals surface area contributed by atoms with Crippen LogP contribution in [0.1, 0.15) is 38.7 Å². The number of aliphatic hydroxyl groups is 1. The molecule has 0 aliphatic carbocycles. The number of unbranched alkanes of at least 4 members (excludes halogenated alkanes) is 2. The predicted octanol–water partition coefficient (Wildman–Crippen LogP) is 2.87. The molecule has 1 aromatic carbocycles. The van der Waals surface area contributed by atoms with E-state index in [4.69, 9.17) is 9.84 Å². The summed E-state index contributed by atoms with van der Waals surface area (Å²) in [5.74, 6) is 0.304. The van der Waals surface area contributed by atoms with Gasteiger partial charge in [0.25, 0.3) is 0 Å². The van der Waals surface area contributed by atoms with Crippen molar-refractivity contribution in [3.8, 4) is 5.75 Å². The molecule has 4 heteroatoms. The third kappa shape index (κ3) is 7.13. The van der Waals surface area contributed by atoms with Gasteiger partial charge < -0.3 is 15.2 Å². The smallest absolute Gasteiger partial charge is 0.127 e. The minimum Gasteiger partial charge on any atom is -0.493 e. The maximum Gasteiger partial charge on any atom is 0.127 e. The molecule has 2 N–H and O–H groups in total. The van der Waals surface area contributed by atoms with Crippen molar-refractivity contribution in [2.45, 2.75) is 45.7 Å². The standard InChI is InChI=1S/C15H24FNO2/c1-12(2)17-11-13-8-14(16)10-15(9-13)19-7-5-3-4-6-18/h8-10,12,17-18H,3-7,11H2,1-2H3. The highest BCUT2D eigenvalue weighted by atomic mass is 19.1. The Morgan fingerprint density at radius 2 is 2.00 bits per heavy atom. The lowest BCUT2D eigenvalue weighted by molar-refractivity contribution is 0.265. The van der Waals surface area contributed by atoms with E-state index in [1.165, 1.54) is 12.1 Å². The molecule has 0 radical (unpaired) electrons. The quantitative estimate of drug-likeness (QED) is 0.677. The number of hydrogen-bond donors (Lipinski definition) is 2. The molecular weight excluding hydrogens is 245 g/mol. The first-order chi connectivity index (χ1) is 9.11. The van der Waals surface area contributed by atoms with E-state index in [1.54, 1.807) is 0 Å². The maximum atomic E-state index is 13.4. The summed E-state index contributed by atoms with van der Waals surface area (Å²) in [5.41, 5.74) is 0.888. The molecule has 1 rings (SSSR count). The summed E-state index contributed by atoms with van der Waals surface area (Å²) in [6.07, 6.45) is 2.58. The lowest BCUT2D eigenvalue weighted by Crippen LogP contribution is -2.21. The number of benzene rings is 1. The summed E-state index contributed by atoms with van der Waals surface area (Å²) in [7, 11) is 0. The Labute approximate surface area is 114 Å². The summed E-state index contributed by atoms with van der Waals surface area (Å²) >= 11 is 0. The van der Waals surface area contributed by atoms with Crippen LogP contribution in [0.2, 0.25) is 0 Å². The third-order valence-electron chi connectivity index (χ3n) is 2.72. The van der Waals surface area contributed by atoms with Crippen LogP contribution in [-0.4, -0.2) is 24.4 Å². The summed E-state index contributed by atoms with van der Waals surface area (Å²) in [6.45, 7) is 5.51. The molecule has 0 spiro atoms. The lowest BCUT2D eigenvalue weighted by atomic mass is 10.2. The summed E-state index contributed by atoms with van der Waals surface area (Å²) in [6, 6.07) is 5.16. The molecule has 0 saturated carbocycles. The monoisotopic (exact) mass is 269 g/mol. The fourth-order valence-electron chi connectivity index (χ4n) is 1.71. The van der Waals surface area contributed by atoms with E-state index in [1.807, 2.05) is 6.07 Å². The van der Waals surface area contributed by atoms with Gasteiger partial charge in [-0.2, -0.15) is 0 Å². The highest BCUT2D eigenvalue weighted by Gasteiger charge is 2.03. The number of halogens is 1. The van der Waals surface area contributed by atoms with E-state index in [9.17, 15) is 4.39 Å². The molecule has 3 nitrogen and oxygen atoms in total. The molecule has 0 aliphatic rings. The van der Waals surface area contributed by atoms with Crippen molar-refractivity contribution in [1.82, 2.24) is 5.32 Å². The fraction of sp³-hybridized carbons (Fsp3) is 0.600. The molecule has 0 heterocycles. The normalized spacial score (nSPS) is 11.0. The average molecular weight is 269 g/mol. The van der Waals surface area contributed by atoms with Gasteiger partial charge in [-0.25, -0.2) is 4.39 Å². The lowest BCUT2D eigenvalue weighted by Gasteiger charge is -2.11. The van der Waals surface area contributed by atoms with Crippen molar-refractivity contribution in [2.24, 2.45) is 0 Å². The van der Waals surface area contributed by atoms with Gasteiger partial charge in [0.2, 0.25) is 0 Å². The first kappa shape index (κ1) is 15.9. The van der Waals surface area contributed by atoms with Crippen molar-refractivity contribution in [1.29, 1.82) is 0 Å². The van der Waals surface area contributed by atoms with Crippen LogP contribution in [0.4, 0.5) is 4.39 Å². The molecule has 0 bridgehead atoms. The van der Waals surface area contributed by atoms with Crippen molar-refractivity contribution < 1.29 is 14.2 Å². The highest BCUT2D eigenvalue weighted by molar-refractivity contribution is 5.29. The molecular formula is C15H24FNO2. The zero-order valence-electron chi connectivity index (χ0n) is 11.8. The maximum absolute atomic E-state index is 13.4. The zero-order chi connectivity index (χ0) is 14.1. The van der Waals surface area contributed by atoms with E-state index in [2.05, 4.69) is 19.2 Å². The SMILES string of the molecule is CC(C)NCc1cc(F)cc(OCCCCCO)c1. The van der Waals surface area contributed by atoms with Crippen LogP contribution in [0.3, 0.4) is 0 Å². The Morgan fingerprint density at radius 1 is 1.21 bits per heavy atom. The Hall–Kier alpha value is -1.13. The van der Waals surface area contributed by atoms with Crippen molar-refractivity contribution in [3.05, 3.63) is 29.6 Å². The molecule has 19 heavy (non-hydrogen) atoms. The van der Waals surface area contributed by atoms with Crippen LogP contribution in [0, 0.1) is 5.82 Å². The molecule has 0 fully saturated rings. The van der Waals surface area contributed by atoms with Gasteiger partial charge in [-0.1, -0.05) is 13.8 Å². The molecule has 1 aromatic rings. The van der Waals surface area contributed by atoms with Gasteiger partial charge in [0, 0.05) is 25.3 Å². The minimum absolute atomic E-state index is 0.213. The molecule has 0 aromatic heterocycles. The minimum atomic E-state index is -0.270. The van der Waals surface area contributed by atoms with Gasteiger partial charge >= 0.3 is 0 Å². The Balaban J connectivity index is 2.44. The molecule has 0 saturated heterocycles. The molecule has 0 amide bonds. The van der Waals surface area contributed by atoms with E-state index >= 15 is 0 Å². The first-order valence-corrected chi connectivity index (χ1v) is 6.88. The fourth-order valence-corrected chi connectivity index (χ4v) is 1.71. The zero-order valence-corrected chi connectivity index (χ0v) is 11.8. The number of nitrogens with one attached hydrogen (secondary N) is 1. The number of rotatable bonds is 9. The van der Waals surface area contributed by atoms with Gasteiger partial charge in [0.1, 0.15) is 11.6 Å². The van der Waals surface area contributed by atoms with Gasteiger partial charge in [-0.3, -0.25) is 0 Å². The van der Waals surface area contributed by atoms with E-state index < -0.39 is 0 Å². The van der Waals surface area contributed by atoms with Crippen LogP contribution < -0.4 is 10.1 Å². The molecule has 108 valence electrons. The van der Waals surface area contributed by atoms with Crippen LogP contribution >= 0.6 is 0 Å². The largest absolute Gasteiger partial charge is 0.493 e. The van der Waals surface area contributed by atoms with Crippen molar-refractivity contribution >= 4 is 0 Å². The van der Waals surface area contributed by atoms with Gasteiger partial charge in [-0.05, 0) is 37.0 Å². The van der Waals surface area contributed by atoms with Crippen molar-refractivity contribution in [3.63, 3.8) is 0 Å². The van der Waals surface area contributed by atoms with Crippen LogP contribution in [-0.2, 0) is 6.54 Å². The molecule has 0 atom stereocenters. The van der Waals surface area contributed by atoms with Crippen LogP contribution in [0.15, 0.2) is 18.2 Å². The van der Waals surface area contributed by atoms with Crippen molar-refractivity contribution in [2.75, 3.05) is 13.2 Å². The van der Waals surface area contributed by atoms with E-state index in [0.717, 1.165) is 24.8 Å². The molecule has 0 aliphatic heterocycles. The van der Waals surface area contributed by atoms with Crippen LogP contribution in [0.5, 0.6) is 5.75 Å². The average Bonchev–Trinajstić information content (AvgIpc) is 2.35. The third-order valence-corrected chi connectivity index (χ3v) is 2.72. The van der Waals surface area contributed by atoms with Gasteiger partial charge in [-0.15, -0.1) is 0 Å². The van der Waals surface area contributed by atoms with Gasteiger partial charge in [0.15, 0.2) is 0 Å². The Morgan fingerprint density at radius 3 is 2.68 bits per heavy atom. The number of hydrogen-bond acceptors (Lipinski definition) is 3. The summed E-state index contributed by atoms with van der Waals surface area (Å²) < 4.78 is 19.0. The first-order valence-electron chi connectivity index (χ1n) is 6.88. The molecule has 0 unspecified atom stereocenters. The second-order valence-corrected chi connectivity index (χ2v) is 4.96. The predicted molar refractivity (Wildman–Crippen MR) is 74.8 cm³/mol. The summed E-state index contributed by atoms with van der Waals surface area (Å²) in [5, 5.41) is 11.9. The van der Waals surface area contributed by atoms with E-state index in [-0.39, 0.29) is 12.4 Å². The second-order valence-electron chi connectivity index (χ2n) is 4.96. The number of ether oxygens (including phenoxy) is 1. The van der Waals surface area contributed by atoms with E-state index in [0.29, 0.717) is 24.9 Å². The Bertz CT molecular complexity index is 369. The summed E-state index contributed by atoms with van der Waals surface area (Å²) in [4.78, 5) is 0. The van der Waals surface area contributed by atoms with Crippen LogP contribution in [0.25, 0.3) is 0 Å².